The zero-order valence-electron chi connectivity index (χ0n) is 21.3. The van der Waals surface area contributed by atoms with Gasteiger partial charge in [0.1, 0.15) is 12.4 Å². The van der Waals surface area contributed by atoms with Gasteiger partial charge in [0.25, 0.3) is 0 Å². The summed E-state index contributed by atoms with van der Waals surface area (Å²) in [7, 11) is 0. The molecule has 0 aromatic heterocycles. The molecule has 0 radical (unpaired) electrons. The Labute approximate surface area is 210 Å². The molecule has 3 nitrogen and oxygen atoms in total. The van der Waals surface area contributed by atoms with Crippen LogP contribution in [0.4, 0.5) is 0 Å². The SMILES string of the molecule is CCC[C@@H]1Cc2cc(OCc3ccccc3)ccc2[C@H]2CC[C@@]3(C)[C@@H](C[C@H]4C[C@H]5O[C@H]5C[C@@]43O)[C@H]12. The van der Waals surface area contributed by atoms with Gasteiger partial charge in [-0.3, -0.25) is 0 Å². The van der Waals surface area contributed by atoms with Crippen molar-refractivity contribution in [1.82, 2.24) is 0 Å². The number of hydrogen-bond donors (Lipinski definition) is 1. The molecule has 1 aliphatic heterocycles. The van der Waals surface area contributed by atoms with Crippen molar-refractivity contribution in [2.45, 2.75) is 95.5 Å². The topological polar surface area (TPSA) is 42.0 Å². The minimum atomic E-state index is -0.521. The van der Waals surface area contributed by atoms with E-state index in [1.165, 1.54) is 36.8 Å². The van der Waals surface area contributed by atoms with E-state index in [9.17, 15) is 5.11 Å². The summed E-state index contributed by atoms with van der Waals surface area (Å²) in [5.41, 5.74) is 3.82. The second kappa shape index (κ2) is 8.08. The maximum atomic E-state index is 12.2. The predicted octanol–water partition coefficient (Wildman–Crippen LogP) is 6.67. The molecule has 0 amide bonds. The van der Waals surface area contributed by atoms with Gasteiger partial charge in [-0.05, 0) is 95.9 Å². The van der Waals surface area contributed by atoms with Gasteiger partial charge in [-0.25, -0.2) is 0 Å². The highest BCUT2D eigenvalue weighted by molar-refractivity contribution is 5.42. The van der Waals surface area contributed by atoms with Crippen LogP contribution >= 0.6 is 0 Å². The Balaban J connectivity index is 1.18. The summed E-state index contributed by atoms with van der Waals surface area (Å²) in [6.45, 7) is 5.42. The summed E-state index contributed by atoms with van der Waals surface area (Å²) in [5.74, 6) is 4.10. The molecule has 4 fully saturated rings. The first-order valence-electron chi connectivity index (χ1n) is 14.2. The quantitative estimate of drug-likeness (QED) is 0.494. The van der Waals surface area contributed by atoms with Crippen LogP contribution in [0.15, 0.2) is 48.5 Å². The van der Waals surface area contributed by atoms with Crippen LogP contribution < -0.4 is 4.74 Å². The molecule has 35 heavy (non-hydrogen) atoms. The van der Waals surface area contributed by atoms with Crippen LogP contribution in [-0.2, 0) is 17.8 Å². The number of hydrogen-bond acceptors (Lipinski definition) is 3. The number of ether oxygens (including phenoxy) is 2. The predicted molar refractivity (Wildman–Crippen MR) is 137 cm³/mol. The molecule has 4 aliphatic carbocycles. The van der Waals surface area contributed by atoms with Gasteiger partial charge in [0, 0.05) is 6.42 Å². The number of rotatable bonds is 5. The van der Waals surface area contributed by atoms with Crippen molar-refractivity contribution in [1.29, 1.82) is 0 Å². The Morgan fingerprint density at radius 2 is 1.94 bits per heavy atom. The molecule has 0 unspecified atom stereocenters. The molecule has 2 aromatic carbocycles. The van der Waals surface area contributed by atoms with Gasteiger partial charge in [-0.2, -0.15) is 0 Å². The van der Waals surface area contributed by atoms with Gasteiger partial charge in [0.2, 0.25) is 0 Å². The van der Waals surface area contributed by atoms with Crippen molar-refractivity contribution in [3.63, 3.8) is 0 Å². The zero-order chi connectivity index (χ0) is 23.8. The third kappa shape index (κ3) is 3.37. The lowest BCUT2D eigenvalue weighted by Gasteiger charge is -2.56. The van der Waals surface area contributed by atoms with E-state index in [1.54, 1.807) is 5.56 Å². The molecule has 2 aromatic rings. The van der Waals surface area contributed by atoms with Gasteiger partial charge < -0.3 is 14.6 Å². The molecule has 9 atom stereocenters. The number of benzene rings is 2. The van der Waals surface area contributed by atoms with Gasteiger partial charge in [-0.15, -0.1) is 0 Å². The van der Waals surface area contributed by atoms with Gasteiger partial charge in [0.05, 0.1) is 17.8 Å². The smallest absolute Gasteiger partial charge is 0.120 e. The van der Waals surface area contributed by atoms with E-state index >= 15 is 0 Å². The molecular formula is C32H40O3. The van der Waals surface area contributed by atoms with Gasteiger partial charge in [0.15, 0.2) is 0 Å². The zero-order valence-corrected chi connectivity index (χ0v) is 21.3. The Morgan fingerprint density at radius 1 is 1.09 bits per heavy atom. The summed E-state index contributed by atoms with van der Waals surface area (Å²) in [5, 5.41) is 12.2. The third-order valence-corrected chi connectivity index (χ3v) is 11.1. The molecule has 0 bridgehead atoms. The van der Waals surface area contributed by atoms with Crippen molar-refractivity contribution in [2.24, 2.45) is 29.1 Å². The fourth-order valence-electron chi connectivity index (χ4n) is 9.36. The summed E-state index contributed by atoms with van der Waals surface area (Å²) < 4.78 is 12.1. The van der Waals surface area contributed by atoms with Crippen molar-refractivity contribution in [2.75, 3.05) is 0 Å². The number of fused-ring (bicyclic) bond motifs is 8. The van der Waals surface area contributed by atoms with Crippen LogP contribution in [0.1, 0.15) is 81.4 Å². The molecular weight excluding hydrogens is 432 g/mol. The lowest BCUT2D eigenvalue weighted by Crippen LogP contribution is -2.55. The molecule has 7 rings (SSSR count). The van der Waals surface area contributed by atoms with Crippen LogP contribution in [0.2, 0.25) is 0 Å². The van der Waals surface area contributed by atoms with Crippen molar-refractivity contribution in [3.05, 3.63) is 65.2 Å². The molecule has 1 heterocycles. The molecule has 3 heteroatoms. The van der Waals surface area contributed by atoms with Crippen LogP contribution in [0.25, 0.3) is 0 Å². The monoisotopic (exact) mass is 472 g/mol. The Hall–Kier alpha value is -1.84. The lowest BCUT2D eigenvalue weighted by molar-refractivity contribution is -0.137. The molecule has 1 saturated heterocycles. The second-order valence-corrected chi connectivity index (χ2v) is 12.6. The Morgan fingerprint density at radius 3 is 2.77 bits per heavy atom. The van der Waals surface area contributed by atoms with E-state index in [4.69, 9.17) is 9.47 Å². The van der Waals surface area contributed by atoms with Crippen LogP contribution in [-0.4, -0.2) is 22.9 Å². The minimum absolute atomic E-state index is 0.0397. The summed E-state index contributed by atoms with van der Waals surface area (Å²) in [6.07, 6.45) is 9.98. The van der Waals surface area contributed by atoms with E-state index in [2.05, 4.69) is 62.4 Å². The van der Waals surface area contributed by atoms with Crippen molar-refractivity contribution < 1.29 is 14.6 Å². The van der Waals surface area contributed by atoms with Crippen LogP contribution in [0.5, 0.6) is 5.75 Å². The van der Waals surface area contributed by atoms with E-state index in [0.29, 0.717) is 48.4 Å². The maximum absolute atomic E-state index is 12.2. The average Bonchev–Trinajstić information content (AvgIpc) is 3.57. The van der Waals surface area contributed by atoms with E-state index < -0.39 is 5.60 Å². The lowest BCUT2D eigenvalue weighted by atomic mass is 9.49. The van der Waals surface area contributed by atoms with Crippen LogP contribution in [0.3, 0.4) is 0 Å². The average molecular weight is 473 g/mol. The Bertz CT molecular complexity index is 1100. The highest BCUT2D eigenvalue weighted by Gasteiger charge is 2.70. The normalized spacial score (nSPS) is 42.8. The minimum Gasteiger partial charge on any atom is -0.489 e. The summed E-state index contributed by atoms with van der Waals surface area (Å²) in [4.78, 5) is 0. The molecule has 186 valence electrons. The van der Waals surface area contributed by atoms with Gasteiger partial charge in [-0.1, -0.05) is 63.1 Å². The van der Waals surface area contributed by atoms with Gasteiger partial charge >= 0.3 is 0 Å². The number of epoxide rings is 1. The first-order valence-corrected chi connectivity index (χ1v) is 14.2. The van der Waals surface area contributed by atoms with E-state index in [0.717, 1.165) is 31.4 Å². The van der Waals surface area contributed by atoms with Crippen molar-refractivity contribution >= 4 is 0 Å². The first-order chi connectivity index (χ1) is 17.0. The molecule has 1 N–H and O–H groups in total. The fourth-order valence-corrected chi connectivity index (χ4v) is 9.36. The number of aliphatic hydroxyl groups is 1. The largest absolute Gasteiger partial charge is 0.489 e. The maximum Gasteiger partial charge on any atom is 0.120 e. The summed E-state index contributed by atoms with van der Waals surface area (Å²) in [6, 6.07) is 17.4. The van der Waals surface area contributed by atoms with Crippen molar-refractivity contribution in [3.8, 4) is 5.75 Å². The standard InChI is InChI=1S/C32H40O3/c1-3-7-21-14-22-15-24(34-19-20-8-5-4-6-9-20)10-11-25(22)26-12-13-31(2)27(30(21)26)16-23-17-28-29(35-28)18-32(23,31)33/h4-6,8-11,15,21,23,26-30,33H,3,7,12-14,16-19H2,1-2H3/t21-,23+,26-,27+,28-,29+,30-,31+,32-/m1/s1. The third-order valence-electron chi connectivity index (χ3n) is 11.1. The Kier molecular flexibility index (Phi) is 5.16. The molecule has 5 aliphatic rings. The second-order valence-electron chi connectivity index (χ2n) is 12.6. The molecule has 3 saturated carbocycles. The summed E-state index contributed by atoms with van der Waals surface area (Å²) >= 11 is 0. The van der Waals surface area contributed by atoms with Crippen LogP contribution in [0, 0.1) is 29.1 Å². The highest BCUT2D eigenvalue weighted by Crippen LogP contribution is 2.70. The molecule has 0 spiro atoms. The highest BCUT2D eigenvalue weighted by atomic mass is 16.6. The van der Waals surface area contributed by atoms with E-state index in [1.807, 2.05) is 0 Å². The first kappa shape index (κ1) is 22.4. The fraction of sp³-hybridized carbons (Fsp3) is 0.625. The van der Waals surface area contributed by atoms with E-state index in [-0.39, 0.29) is 5.41 Å².